The van der Waals surface area contributed by atoms with Crippen molar-refractivity contribution in [1.29, 1.82) is 0 Å². The minimum absolute atomic E-state index is 0.171. The zero-order valence-electron chi connectivity index (χ0n) is 16.2. The van der Waals surface area contributed by atoms with Gasteiger partial charge in [0.15, 0.2) is 0 Å². The number of amides is 1. The first-order chi connectivity index (χ1) is 14.5. The van der Waals surface area contributed by atoms with Gasteiger partial charge in [-0.25, -0.2) is 8.78 Å². The van der Waals surface area contributed by atoms with E-state index in [0.29, 0.717) is 29.5 Å². The Kier molecular flexibility index (Phi) is 6.10. The number of halogens is 2. The standard InChI is InChI=1S/C21H21F2N5O2/c22-16-6-4-15(5-7-16)21-25-20(30-26-21)14-28-10-8-27(9-11-28)13-19(29)24-18-3-1-2-17(23)12-18/h1-7,12H,8-11,13-14H2,(H,24,29). The van der Waals surface area contributed by atoms with Gasteiger partial charge in [0.25, 0.3) is 0 Å². The van der Waals surface area contributed by atoms with Crippen molar-refractivity contribution in [2.75, 3.05) is 38.0 Å². The van der Waals surface area contributed by atoms with E-state index in [2.05, 4.69) is 20.4 Å². The van der Waals surface area contributed by atoms with Crippen LogP contribution in [0, 0.1) is 11.6 Å². The molecule has 0 atom stereocenters. The normalized spacial score (nSPS) is 15.3. The summed E-state index contributed by atoms with van der Waals surface area (Å²) in [6, 6.07) is 11.8. The molecule has 156 valence electrons. The Balaban J connectivity index is 1.24. The van der Waals surface area contributed by atoms with E-state index in [1.807, 2.05) is 4.90 Å². The van der Waals surface area contributed by atoms with Crippen molar-refractivity contribution < 1.29 is 18.1 Å². The van der Waals surface area contributed by atoms with Crippen LogP contribution < -0.4 is 5.32 Å². The number of hydrogen-bond donors (Lipinski definition) is 1. The van der Waals surface area contributed by atoms with Gasteiger partial charge >= 0.3 is 0 Å². The van der Waals surface area contributed by atoms with Crippen LogP contribution in [-0.2, 0) is 11.3 Å². The van der Waals surface area contributed by atoms with E-state index in [4.69, 9.17) is 4.52 Å². The first kappa shape index (κ1) is 20.1. The molecule has 1 aliphatic heterocycles. The van der Waals surface area contributed by atoms with E-state index in [1.165, 1.54) is 24.3 Å². The molecular formula is C21H21F2N5O2. The number of benzene rings is 2. The monoisotopic (exact) mass is 413 g/mol. The van der Waals surface area contributed by atoms with Gasteiger partial charge in [-0.1, -0.05) is 11.2 Å². The molecule has 2 heterocycles. The van der Waals surface area contributed by atoms with Gasteiger partial charge in [0.05, 0.1) is 13.1 Å². The van der Waals surface area contributed by atoms with Gasteiger partial charge < -0.3 is 9.84 Å². The summed E-state index contributed by atoms with van der Waals surface area (Å²) in [4.78, 5) is 20.8. The van der Waals surface area contributed by atoms with E-state index >= 15 is 0 Å². The Labute approximate surface area is 172 Å². The highest BCUT2D eigenvalue weighted by molar-refractivity contribution is 5.92. The highest BCUT2D eigenvalue weighted by atomic mass is 19.1. The van der Waals surface area contributed by atoms with Gasteiger partial charge in [-0.15, -0.1) is 0 Å². The molecule has 3 aromatic rings. The third-order valence-corrected chi connectivity index (χ3v) is 4.87. The minimum Gasteiger partial charge on any atom is -0.338 e. The molecule has 9 heteroatoms. The van der Waals surface area contributed by atoms with E-state index in [-0.39, 0.29) is 24.1 Å². The highest BCUT2D eigenvalue weighted by Crippen LogP contribution is 2.17. The van der Waals surface area contributed by atoms with Gasteiger partial charge in [-0.05, 0) is 42.5 Å². The summed E-state index contributed by atoms with van der Waals surface area (Å²) in [5.74, 6) is 0.0501. The lowest BCUT2D eigenvalue weighted by molar-refractivity contribution is -0.117. The summed E-state index contributed by atoms with van der Waals surface area (Å²) in [6.07, 6.45) is 0. The average molecular weight is 413 g/mol. The SMILES string of the molecule is O=C(CN1CCN(Cc2nc(-c3ccc(F)cc3)no2)CC1)Nc1cccc(F)c1. The summed E-state index contributed by atoms with van der Waals surface area (Å²) < 4.78 is 31.6. The topological polar surface area (TPSA) is 74.5 Å². The van der Waals surface area contributed by atoms with Gasteiger partial charge in [-0.3, -0.25) is 14.6 Å². The summed E-state index contributed by atoms with van der Waals surface area (Å²) in [5.41, 5.74) is 1.15. The molecule has 0 spiro atoms. The van der Waals surface area contributed by atoms with Crippen LogP contribution >= 0.6 is 0 Å². The van der Waals surface area contributed by atoms with Gasteiger partial charge in [0.2, 0.25) is 17.6 Å². The fourth-order valence-electron chi connectivity index (χ4n) is 3.30. The molecule has 0 radical (unpaired) electrons. The van der Waals surface area contributed by atoms with Crippen molar-refractivity contribution in [1.82, 2.24) is 19.9 Å². The lowest BCUT2D eigenvalue weighted by Gasteiger charge is -2.33. The molecule has 4 rings (SSSR count). The number of nitrogens with one attached hydrogen (secondary N) is 1. The molecule has 1 aliphatic rings. The zero-order valence-corrected chi connectivity index (χ0v) is 16.2. The molecule has 0 unspecified atom stereocenters. The molecule has 1 fully saturated rings. The third kappa shape index (κ3) is 5.25. The molecular weight excluding hydrogens is 392 g/mol. The number of hydrogen-bond acceptors (Lipinski definition) is 6. The van der Waals surface area contributed by atoms with Crippen LogP contribution in [0.25, 0.3) is 11.4 Å². The van der Waals surface area contributed by atoms with Crippen LogP contribution in [0.15, 0.2) is 53.1 Å². The van der Waals surface area contributed by atoms with E-state index in [0.717, 1.165) is 26.2 Å². The summed E-state index contributed by atoms with van der Waals surface area (Å²) in [5, 5.41) is 6.67. The van der Waals surface area contributed by atoms with Gasteiger partial charge in [0.1, 0.15) is 11.6 Å². The molecule has 1 aromatic heterocycles. The van der Waals surface area contributed by atoms with Crippen molar-refractivity contribution in [2.45, 2.75) is 6.54 Å². The Bertz CT molecular complexity index is 1000. The van der Waals surface area contributed by atoms with Crippen LogP contribution in [0.1, 0.15) is 5.89 Å². The number of nitrogens with zero attached hydrogens (tertiary/aromatic N) is 4. The van der Waals surface area contributed by atoms with Crippen LogP contribution in [0.3, 0.4) is 0 Å². The van der Waals surface area contributed by atoms with Crippen LogP contribution in [0.5, 0.6) is 0 Å². The maximum Gasteiger partial charge on any atom is 0.241 e. The maximum atomic E-state index is 13.2. The Hall–Kier alpha value is -3.17. The van der Waals surface area contributed by atoms with Crippen molar-refractivity contribution in [2.24, 2.45) is 0 Å². The second kappa shape index (κ2) is 9.10. The average Bonchev–Trinajstić information content (AvgIpc) is 3.18. The molecule has 0 aliphatic carbocycles. The summed E-state index contributed by atoms with van der Waals surface area (Å²) >= 11 is 0. The molecule has 7 nitrogen and oxygen atoms in total. The van der Waals surface area contributed by atoms with Gasteiger partial charge in [0, 0.05) is 37.4 Å². The molecule has 1 N–H and O–H groups in total. The lowest BCUT2D eigenvalue weighted by Crippen LogP contribution is -2.48. The van der Waals surface area contributed by atoms with Crippen LogP contribution in [-0.4, -0.2) is 58.6 Å². The van der Waals surface area contributed by atoms with Crippen molar-refractivity contribution in [3.05, 3.63) is 66.1 Å². The molecule has 1 saturated heterocycles. The first-order valence-corrected chi connectivity index (χ1v) is 9.64. The van der Waals surface area contributed by atoms with E-state index in [1.54, 1.807) is 24.3 Å². The number of rotatable bonds is 6. The number of piperazine rings is 1. The Morgan fingerprint density at radius 2 is 1.73 bits per heavy atom. The fraction of sp³-hybridized carbons (Fsp3) is 0.286. The van der Waals surface area contributed by atoms with Crippen LogP contribution in [0.4, 0.5) is 14.5 Å². The molecule has 0 saturated carbocycles. The molecule has 0 bridgehead atoms. The third-order valence-electron chi connectivity index (χ3n) is 4.87. The quantitative estimate of drug-likeness (QED) is 0.670. The molecule has 30 heavy (non-hydrogen) atoms. The number of anilines is 1. The first-order valence-electron chi connectivity index (χ1n) is 9.64. The molecule has 1 amide bonds. The number of carbonyl (C=O) groups excluding carboxylic acids is 1. The van der Waals surface area contributed by atoms with Crippen molar-refractivity contribution in [3.8, 4) is 11.4 Å². The second-order valence-corrected chi connectivity index (χ2v) is 7.13. The Morgan fingerprint density at radius 3 is 2.47 bits per heavy atom. The Morgan fingerprint density at radius 1 is 1.00 bits per heavy atom. The summed E-state index contributed by atoms with van der Waals surface area (Å²) in [6.45, 7) is 3.70. The predicted molar refractivity (Wildman–Crippen MR) is 106 cm³/mol. The maximum absolute atomic E-state index is 13.2. The smallest absolute Gasteiger partial charge is 0.241 e. The van der Waals surface area contributed by atoms with Crippen molar-refractivity contribution in [3.63, 3.8) is 0 Å². The number of carbonyl (C=O) groups is 1. The zero-order chi connectivity index (χ0) is 20.9. The second-order valence-electron chi connectivity index (χ2n) is 7.13. The van der Waals surface area contributed by atoms with Crippen LogP contribution in [0.2, 0.25) is 0 Å². The van der Waals surface area contributed by atoms with E-state index < -0.39 is 0 Å². The number of aromatic nitrogens is 2. The van der Waals surface area contributed by atoms with Crippen molar-refractivity contribution >= 4 is 11.6 Å². The minimum atomic E-state index is -0.384. The molecule has 2 aromatic carbocycles. The van der Waals surface area contributed by atoms with Gasteiger partial charge in [-0.2, -0.15) is 4.98 Å². The lowest BCUT2D eigenvalue weighted by atomic mass is 10.2. The highest BCUT2D eigenvalue weighted by Gasteiger charge is 2.21. The van der Waals surface area contributed by atoms with E-state index in [9.17, 15) is 13.6 Å². The largest absolute Gasteiger partial charge is 0.338 e. The summed E-state index contributed by atoms with van der Waals surface area (Å²) in [7, 11) is 0. The fourth-order valence-corrected chi connectivity index (χ4v) is 3.30. The predicted octanol–water partition coefficient (Wildman–Crippen LogP) is 2.77.